The van der Waals surface area contributed by atoms with Gasteiger partial charge in [-0.3, -0.25) is 0 Å². The molecule has 0 bridgehead atoms. The number of rotatable bonds is 3. The number of hydrogen-bond donors (Lipinski definition) is 0. The molecule has 0 N–H and O–H groups in total. The summed E-state index contributed by atoms with van der Waals surface area (Å²) < 4.78 is 0. The highest BCUT2D eigenvalue weighted by Crippen LogP contribution is 2.52. The van der Waals surface area contributed by atoms with E-state index in [0.717, 1.165) is 5.02 Å². The lowest BCUT2D eigenvalue weighted by atomic mass is 9.99. The van der Waals surface area contributed by atoms with Gasteiger partial charge < -0.3 is 0 Å². The van der Waals surface area contributed by atoms with Crippen LogP contribution in [0, 0.1) is 5.41 Å². The Balaban J connectivity index is 2.03. The van der Waals surface area contributed by atoms with E-state index in [2.05, 4.69) is 35.0 Å². The maximum Gasteiger partial charge on any atom is 0.0406 e. The second kappa shape index (κ2) is 3.86. The Morgan fingerprint density at radius 1 is 1.36 bits per heavy atom. The third-order valence-corrected chi connectivity index (χ3v) is 4.11. The van der Waals surface area contributed by atoms with Gasteiger partial charge in [-0.1, -0.05) is 46.6 Å². The van der Waals surface area contributed by atoms with Crippen molar-refractivity contribution in [2.45, 2.75) is 31.0 Å². The summed E-state index contributed by atoms with van der Waals surface area (Å²) in [5, 5.41) is 0.811. The maximum absolute atomic E-state index is 5.85. The molecular weight excluding hydrogens is 259 g/mol. The van der Waals surface area contributed by atoms with E-state index in [1.165, 1.54) is 24.8 Å². The quantitative estimate of drug-likeness (QED) is 0.682. The molecule has 1 aromatic carbocycles. The van der Waals surface area contributed by atoms with E-state index in [-0.39, 0.29) is 0 Å². The molecule has 0 nitrogen and oxygen atoms in total. The molecule has 0 aliphatic heterocycles. The Bertz CT molecular complexity index is 314. The van der Waals surface area contributed by atoms with Crippen LogP contribution in [-0.4, -0.2) is 0 Å². The van der Waals surface area contributed by atoms with Gasteiger partial charge in [0.15, 0.2) is 0 Å². The van der Waals surface area contributed by atoms with Crippen LogP contribution in [0.25, 0.3) is 0 Å². The minimum atomic E-state index is 0.479. The van der Waals surface area contributed by atoms with Crippen LogP contribution in [0.15, 0.2) is 24.3 Å². The van der Waals surface area contributed by atoms with E-state index in [0.29, 0.717) is 10.2 Å². The molecule has 1 saturated carbocycles. The van der Waals surface area contributed by atoms with Crippen LogP contribution in [-0.2, 0) is 0 Å². The lowest BCUT2D eigenvalue weighted by Crippen LogP contribution is -1.99. The Hall–Kier alpha value is -0.0100. The summed E-state index contributed by atoms with van der Waals surface area (Å²) in [6.45, 7) is 2.36. The van der Waals surface area contributed by atoms with Crippen LogP contribution in [0.4, 0.5) is 0 Å². The third-order valence-electron chi connectivity index (χ3n) is 3.01. The maximum atomic E-state index is 5.85. The van der Waals surface area contributed by atoms with Crippen molar-refractivity contribution in [1.29, 1.82) is 0 Å². The van der Waals surface area contributed by atoms with Crippen molar-refractivity contribution in [1.82, 2.24) is 0 Å². The van der Waals surface area contributed by atoms with Crippen LogP contribution in [0.5, 0.6) is 0 Å². The minimum absolute atomic E-state index is 0.479. The van der Waals surface area contributed by atoms with Crippen molar-refractivity contribution in [2.75, 3.05) is 0 Å². The molecule has 1 unspecified atom stereocenters. The smallest absolute Gasteiger partial charge is 0.0406 e. The SMILES string of the molecule is CC1(CC(Br)c2ccc(Cl)cc2)CC1. The van der Waals surface area contributed by atoms with E-state index >= 15 is 0 Å². The molecule has 1 atom stereocenters. The van der Waals surface area contributed by atoms with Gasteiger partial charge in [-0.25, -0.2) is 0 Å². The molecule has 2 rings (SSSR count). The summed E-state index contributed by atoms with van der Waals surface area (Å²) in [6, 6.07) is 8.13. The topological polar surface area (TPSA) is 0 Å². The molecule has 1 aromatic rings. The van der Waals surface area contributed by atoms with Gasteiger partial charge in [0.2, 0.25) is 0 Å². The molecule has 0 aromatic heterocycles. The Morgan fingerprint density at radius 2 is 1.93 bits per heavy atom. The molecule has 0 saturated heterocycles. The van der Waals surface area contributed by atoms with Gasteiger partial charge in [-0.2, -0.15) is 0 Å². The minimum Gasteiger partial charge on any atom is -0.0843 e. The molecule has 0 heterocycles. The van der Waals surface area contributed by atoms with Crippen LogP contribution in [0.1, 0.15) is 36.6 Å². The van der Waals surface area contributed by atoms with Gasteiger partial charge >= 0.3 is 0 Å². The zero-order valence-electron chi connectivity index (χ0n) is 8.26. The predicted molar refractivity (Wildman–Crippen MR) is 65.1 cm³/mol. The van der Waals surface area contributed by atoms with Crippen molar-refractivity contribution in [3.05, 3.63) is 34.9 Å². The van der Waals surface area contributed by atoms with E-state index in [1.54, 1.807) is 0 Å². The number of halogens is 2. The second-order valence-electron chi connectivity index (χ2n) is 4.53. The summed E-state index contributed by atoms with van der Waals surface area (Å²) in [7, 11) is 0. The predicted octanol–water partition coefficient (Wildman–Crippen LogP) is 4.97. The van der Waals surface area contributed by atoms with E-state index in [9.17, 15) is 0 Å². The van der Waals surface area contributed by atoms with Gasteiger partial charge in [0.25, 0.3) is 0 Å². The summed E-state index contributed by atoms with van der Waals surface area (Å²) in [5.41, 5.74) is 1.93. The fourth-order valence-corrected chi connectivity index (χ4v) is 2.85. The summed E-state index contributed by atoms with van der Waals surface area (Å²) in [4.78, 5) is 0.479. The zero-order chi connectivity index (χ0) is 10.2. The standard InChI is InChI=1S/C12H14BrCl/c1-12(6-7-12)8-11(13)9-2-4-10(14)5-3-9/h2-5,11H,6-8H2,1H3. The summed E-state index contributed by atoms with van der Waals surface area (Å²) in [5.74, 6) is 0. The van der Waals surface area contributed by atoms with E-state index in [1.807, 2.05) is 12.1 Å². The number of alkyl halides is 1. The normalized spacial score (nSPS) is 20.5. The summed E-state index contributed by atoms with van der Waals surface area (Å²) in [6.07, 6.45) is 3.99. The van der Waals surface area contributed by atoms with Gasteiger partial charge in [0.1, 0.15) is 0 Å². The first-order valence-corrected chi connectivity index (χ1v) is 6.28. The molecule has 0 amide bonds. The van der Waals surface area contributed by atoms with Gasteiger partial charge in [0.05, 0.1) is 0 Å². The van der Waals surface area contributed by atoms with Gasteiger partial charge in [-0.15, -0.1) is 0 Å². The Morgan fingerprint density at radius 3 is 2.43 bits per heavy atom. The zero-order valence-corrected chi connectivity index (χ0v) is 10.6. The first kappa shape index (κ1) is 10.5. The average Bonchev–Trinajstić information content (AvgIpc) is 2.84. The molecule has 0 radical (unpaired) electrons. The van der Waals surface area contributed by atoms with Crippen molar-refractivity contribution in [3.63, 3.8) is 0 Å². The first-order valence-electron chi connectivity index (χ1n) is 4.99. The first-order chi connectivity index (χ1) is 6.59. The molecule has 14 heavy (non-hydrogen) atoms. The van der Waals surface area contributed by atoms with Crippen molar-refractivity contribution >= 4 is 27.5 Å². The van der Waals surface area contributed by atoms with Gasteiger partial charge in [0, 0.05) is 9.85 Å². The number of hydrogen-bond acceptors (Lipinski definition) is 0. The van der Waals surface area contributed by atoms with Crippen LogP contribution < -0.4 is 0 Å². The fourth-order valence-electron chi connectivity index (χ4n) is 1.64. The van der Waals surface area contributed by atoms with Gasteiger partial charge in [-0.05, 0) is 42.4 Å². The second-order valence-corrected chi connectivity index (χ2v) is 6.08. The lowest BCUT2D eigenvalue weighted by Gasteiger charge is -2.14. The Labute approximate surface area is 98.8 Å². The molecule has 0 spiro atoms. The third kappa shape index (κ3) is 2.52. The van der Waals surface area contributed by atoms with E-state index in [4.69, 9.17) is 11.6 Å². The van der Waals surface area contributed by atoms with Crippen molar-refractivity contribution in [3.8, 4) is 0 Å². The van der Waals surface area contributed by atoms with Crippen molar-refractivity contribution < 1.29 is 0 Å². The molecule has 1 aliphatic carbocycles. The number of benzene rings is 1. The molecule has 1 aliphatic rings. The largest absolute Gasteiger partial charge is 0.0843 e. The van der Waals surface area contributed by atoms with Crippen LogP contribution in [0.3, 0.4) is 0 Å². The fraction of sp³-hybridized carbons (Fsp3) is 0.500. The van der Waals surface area contributed by atoms with Crippen LogP contribution in [0.2, 0.25) is 5.02 Å². The molecule has 2 heteroatoms. The summed E-state index contributed by atoms with van der Waals surface area (Å²) >= 11 is 9.59. The molecule has 1 fully saturated rings. The lowest BCUT2D eigenvalue weighted by molar-refractivity contribution is 0.516. The van der Waals surface area contributed by atoms with E-state index < -0.39 is 0 Å². The monoisotopic (exact) mass is 272 g/mol. The highest BCUT2D eigenvalue weighted by atomic mass is 79.9. The van der Waals surface area contributed by atoms with Crippen molar-refractivity contribution in [2.24, 2.45) is 5.41 Å². The highest BCUT2D eigenvalue weighted by Gasteiger charge is 2.38. The highest BCUT2D eigenvalue weighted by molar-refractivity contribution is 9.09. The molecule has 76 valence electrons. The van der Waals surface area contributed by atoms with Crippen LogP contribution >= 0.6 is 27.5 Å². The average molecular weight is 274 g/mol. The Kier molecular flexibility index (Phi) is 2.90. The molecular formula is C12H14BrCl.